The van der Waals surface area contributed by atoms with Crippen LogP contribution in [0, 0.1) is 0 Å². The van der Waals surface area contributed by atoms with E-state index in [9.17, 15) is 48.6 Å². The van der Waals surface area contributed by atoms with E-state index in [0.29, 0.717) is 5.56 Å². The minimum Gasteiger partial charge on any atom is -0.392 e. The zero-order valence-corrected chi connectivity index (χ0v) is 21.0. The molecule has 18 heteroatoms. The molecule has 1 amide bonds. The number of aromatic nitrogens is 2. The van der Waals surface area contributed by atoms with E-state index in [2.05, 4.69) is 14.2 Å². The summed E-state index contributed by atoms with van der Waals surface area (Å²) in [6.07, 6.45) is -6.18. The summed E-state index contributed by atoms with van der Waals surface area (Å²) in [7, 11) is -10.1. The SMILES string of the molecule is CC(=O)Nc1cc(CO)ccc1CP(=O)(O)OP(=O)(O)OC[C@H]1O[C@@H](n2ccc(=O)[nH]c2=O)C(O)C1O. The largest absolute Gasteiger partial charge is 0.479 e. The topological polar surface area (TPSA) is 247 Å². The average molecular weight is 565 g/mol. The lowest BCUT2D eigenvalue weighted by Gasteiger charge is -2.20. The Balaban J connectivity index is 1.67. The number of hydrogen-bond donors (Lipinski definition) is 7. The molecular formula is C19H25N3O13P2. The van der Waals surface area contributed by atoms with Crippen LogP contribution in [0.25, 0.3) is 0 Å². The van der Waals surface area contributed by atoms with Crippen molar-refractivity contribution in [3.8, 4) is 0 Å². The number of hydrogen-bond acceptors (Lipinski definition) is 11. The molecule has 2 aromatic rings. The molecule has 1 aromatic heterocycles. The van der Waals surface area contributed by atoms with Crippen molar-refractivity contribution in [3.63, 3.8) is 0 Å². The first kappa shape index (κ1) is 29.1. The Kier molecular flexibility index (Phi) is 9.03. The fraction of sp³-hybridized carbons (Fsp3) is 0.421. The van der Waals surface area contributed by atoms with Gasteiger partial charge in [-0.1, -0.05) is 12.1 Å². The highest BCUT2D eigenvalue weighted by atomic mass is 31.3. The predicted octanol–water partition coefficient (Wildman–Crippen LogP) is -0.874. The molecule has 204 valence electrons. The average Bonchev–Trinajstić information content (AvgIpc) is 3.06. The van der Waals surface area contributed by atoms with Crippen molar-refractivity contribution >= 4 is 27.0 Å². The summed E-state index contributed by atoms with van der Waals surface area (Å²) in [6.45, 7) is -0.0843. The quantitative estimate of drug-likeness (QED) is 0.173. The molecule has 37 heavy (non-hydrogen) atoms. The van der Waals surface area contributed by atoms with E-state index in [-0.39, 0.29) is 17.9 Å². The predicted molar refractivity (Wildman–Crippen MR) is 124 cm³/mol. The molecule has 16 nitrogen and oxygen atoms in total. The highest BCUT2D eigenvalue weighted by Crippen LogP contribution is 2.61. The maximum atomic E-state index is 12.6. The second kappa shape index (κ2) is 11.5. The van der Waals surface area contributed by atoms with E-state index in [1.54, 1.807) is 0 Å². The number of rotatable bonds is 10. The van der Waals surface area contributed by atoms with Crippen LogP contribution >= 0.6 is 15.4 Å². The number of nitrogens with one attached hydrogen (secondary N) is 2. The van der Waals surface area contributed by atoms with Crippen molar-refractivity contribution in [2.24, 2.45) is 0 Å². The first-order valence-electron chi connectivity index (χ1n) is 10.5. The van der Waals surface area contributed by atoms with Gasteiger partial charge >= 0.3 is 21.1 Å². The molecule has 1 fully saturated rings. The molecule has 0 aliphatic carbocycles. The monoisotopic (exact) mass is 565 g/mol. The Bertz CT molecular complexity index is 1360. The van der Waals surface area contributed by atoms with E-state index >= 15 is 0 Å². The molecular weight excluding hydrogens is 540 g/mol. The maximum Gasteiger partial charge on any atom is 0.479 e. The minimum absolute atomic E-state index is 0.0603. The fourth-order valence-electron chi connectivity index (χ4n) is 3.49. The van der Waals surface area contributed by atoms with Crippen molar-refractivity contribution in [3.05, 3.63) is 62.4 Å². The normalized spacial score (nSPS) is 24.8. The van der Waals surface area contributed by atoms with Gasteiger partial charge in [0.1, 0.15) is 18.3 Å². The van der Waals surface area contributed by atoms with E-state index in [1.807, 2.05) is 4.98 Å². The molecule has 3 rings (SSSR count). The number of anilines is 1. The van der Waals surface area contributed by atoms with E-state index < -0.39 is 69.9 Å². The molecule has 4 unspecified atom stereocenters. The van der Waals surface area contributed by atoms with Crippen LogP contribution in [0.1, 0.15) is 24.3 Å². The van der Waals surface area contributed by atoms with Crippen molar-refractivity contribution in [1.29, 1.82) is 0 Å². The molecule has 6 atom stereocenters. The van der Waals surface area contributed by atoms with Crippen LogP contribution in [0.3, 0.4) is 0 Å². The first-order chi connectivity index (χ1) is 17.2. The van der Waals surface area contributed by atoms with E-state index in [0.717, 1.165) is 16.8 Å². The van der Waals surface area contributed by atoms with E-state index in [1.165, 1.54) is 25.1 Å². The third-order valence-corrected chi connectivity index (χ3v) is 8.19. The van der Waals surface area contributed by atoms with Gasteiger partial charge in [0.15, 0.2) is 6.23 Å². The summed E-state index contributed by atoms with van der Waals surface area (Å²) < 4.78 is 40.2. The number of phosphoric ester groups is 1. The Morgan fingerprint density at radius 2 is 1.89 bits per heavy atom. The Hall–Kier alpha value is -2.49. The molecule has 0 bridgehead atoms. The van der Waals surface area contributed by atoms with Crippen molar-refractivity contribution in [2.45, 2.75) is 44.2 Å². The lowest BCUT2D eigenvalue weighted by atomic mass is 10.1. The molecule has 1 aliphatic rings. The second-order valence-corrected chi connectivity index (χ2v) is 11.5. The number of aromatic amines is 1. The number of amides is 1. The number of carbonyl (C=O) groups excluding carboxylic acids is 1. The summed E-state index contributed by atoms with van der Waals surface area (Å²) >= 11 is 0. The van der Waals surface area contributed by atoms with Gasteiger partial charge in [-0.15, -0.1) is 0 Å². The van der Waals surface area contributed by atoms with Gasteiger partial charge in [0.2, 0.25) is 5.91 Å². The van der Waals surface area contributed by atoms with Gasteiger partial charge in [-0.3, -0.25) is 28.2 Å². The van der Waals surface area contributed by atoms with Crippen molar-refractivity contribution < 1.29 is 52.6 Å². The van der Waals surface area contributed by atoms with Gasteiger partial charge in [0, 0.05) is 24.9 Å². The van der Waals surface area contributed by atoms with Gasteiger partial charge < -0.3 is 35.2 Å². The number of aliphatic hydroxyl groups excluding tert-OH is 3. The van der Waals surface area contributed by atoms with Gasteiger partial charge in [-0.05, 0) is 17.2 Å². The zero-order chi connectivity index (χ0) is 27.5. The lowest BCUT2D eigenvalue weighted by Crippen LogP contribution is -2.37. The molecule has 1 aliphatic heterocycles. The lowest BCUT2D eigenvalue weighted by molar-refractivity contribution is -0.114. The fourth-order valence-corrected chi connectivity index (χ4v) is 6.24. The molecule has 1 aromatic carbocycles. The first-order valence-corrected chi connectivity index (χ1v) is 13.8. The third kappa shape index (κ3) is 7.52. The van der Waals surface area contributed by atoms with Gasteiger partial charge in [0.25, 0.3) is 5.56 Å². The molecule has 0 saturated carbocycles. The zero-order valence-electron chi connectivity index (χ0n) is 19.2. The minimum atomic E-state index is -5.24. The summed E-state index contributed by atoms with van der Waals surface area (Å²) in [5, 5.41) is 32.1. The molecule has 7 N–H and O–H groups in total. The van der Waals surface area contributed by atoms with Gasteiger partial charge in [-0.2, -0.15) is 0 Å². The number of carbonyl (C=O) groups is 1. The highest BCUT2D eigenvalue weighted by molar-refractivity contribution is 7.63. The number of H-pyrrole nitrogens is 1. The standard InChI is InChI=1S/C19H25N3O13P2/c1-10(24)20-13-6-11(7-23)2-3-12(13)9-36(29,30)35-37(31,32)33-8-14-16(26)17(27)18(34-14)22-5-4-15(25)21-19(22)28/h2-6,14,16-18,23,26-27H,7-9H2,1H3,(H,20,24)(H,29,30)(H,31,32)(H,21,25,28)/t14-,16?,17?,18-/m1/s1. The van der Waals surface area contributed by atoms with Crippen LogP contribution < -0.4 is 16.6 Å². The molecule has 0 radical (unpaired) electrons. The van der Waals surface area contributed by atoms with Gasteiger partial charge in [0.05, 0.1) is 19.4 Å². The number of ether oxygens (including phenoxy) is 1. The summed E-state index contributed by atoms with van der Waals surface area (Å²) in [6, 6.07) is 5.04. The van der Waals surface area contributed by atoms with Crippen molar-refractivity contribution in [2.75, 3.05) is 11.9 Å². The highest BCUT2D eigenvalue weighted by Gasteiger charge is 2.45. The summed E-state index contributed by atoms with van der Waals surface area (Å²) in [4.78, 5) is 56.7. The second-order valence-electron chi connectivity index (χ2n) is 8.04. The molecule has 0 spiro atoms. The van der Waals surface area contributed by atoms with Crippen LogP contribution in [0.2, 0.25) is 0 Å². The third-order valence-electron chi connectivity index (χ3n) is 5.13. The van der Waals surface area contributed by atoms with Crippen LogP contribution in [0.15, 0.2) is 40.1 Å². The van der Waals surface area contributed by atoms with Gasteiger partial charge in [-0.25, -0.2) is 13.7 Å². The smallest absolute Gasteiger partial charge is 0.392 e. The van der Waals surface area contributed by atoms with Crippen LogP contribution in [-0.4, -0.2) is 65.5 Å². The Morgan fingerprint density at radius 3 is 2.51 bits per heavy atom. The molecule has 1 saturated heterocycles. The Labute approximate surface area is 208 Å². The maximum absolute atomic E-state index is 12.6. The summed E-state index contributed by atoms with van der Waals surface area (Å²) in [5.41, 5.74) is -1.14. The molecule has 2 heterocycles. The van der Waals surface area contributed by atoms with Crippen LogP contribution in [0.4, 0.5) is 5.69 Å². The Morgan fingerprint density at radius 1 is 1.19 bits per heavy atom. The van der Waals surface area contributed by atoms with Crippen molar-refractivity contribution in [1.82, 2.24) is 9.55 Å². The number of benzene rings is 1. The summed E-state index contributed by atoms with van der Waals surface area (Å²) in [5.74, 6) is -0.513. The number of phosphoric acid groups is 1. The van der Waals surface area contributed by atoms with E-state index in [4.69, 9.17) is 4.74 Å². The van der Waals surface area contributed by atoms with Crippen LogP contribution in [0.5, 0.6) is 0 Å². The number of nitrogens with zero attached hydrogens (tertiary/aromatic N) is 1. The number of aliphatic hydroxyl groups is 3. The van der Waals surface area contributed by atoms with Crippen LogP contribution in [-0.2, 0) is 40.3 Å².